The van der Waals surface area contributed by atoms with Crippen molar-refractivity contribution in [2.24, 2.45) is 11.8 Å². The fourth-order valence-corrected chi connectivity index (χ4v) is 5.40. The highest BCUT2D eigenvalue weighted by molar-refractivity contribution is 7.99. The molecule has 1 aromatic carbocycles. The van der Waals surface area contributed by atoms with Gasteiger partial charge in [0, 0.05) is 23.4 Å². The first-order valence-electron chi connectivity index (χ1n) is 9.94. The third-order valence-electron chi connectivity index (χ3n) is 5.73. The minimum Gasteiger partial charge on any atom is -0.353 e. The summed E-state index contributed by atoms with van der Waals surface area (Å²) in [5, 5.41) is 6.41. The van der Waals surface area contributed by atoms with Crippen LogP contribution >= 0.6 is 11.8 Å². The molecule has 1 aromatic rings. The summed E-state index contributed by atoms with van der Waals surface area (Å²) < 4.78 is 0. The van der Waals surface area contributed by atoms with E-state index in [1.165, 1.54) is 0 Å². The molecule has 2 aliphatic rings. The van der Waals surface area contributed by atoms with Crippen molar-refractivity contribution >= 4 is 23.6 Å². The molecule has 142 valence electrons. The average molecular weight is 375 g/mol. The maximum atomic E-state index is 12.8. The number of rotatable bonds is 6. The fraction of sp³-hybridized carbons (Fsp3) is 0.619. The normalized spacial score (nSPS) is 28.2. The van der Waals surface area contributed by atoms with Crippen LogP contribution in [0.15, 0.2) is 29.2 Å². The van der Waals surface area contributed by atoms with Gasteiger partial charge in [0.2, 0.25) is 5.91 Å². The van der Waals surface area contributed by atoms with Gasteiger partial charge in [-0.1, -0.05) is 32.4 Å². The quantitative estimate of drug-likeness (QED) is 0.740. The molecule has 26 heavy (non-hydrogen) atoms. The van der Waals surface area contributed by atoms with Gasteiger partial charge in [-0.05, 0) is 55.4 Å². The first kappa shape index (κ1) is 19.3. The molecule has 2 amide bonds. The van der Waals surface area contributed by atoms with E-state index in [1.807, 2.05) is 24.3 Å². The first-order valence-corrected chi connectivity index (χ1v) is 10.9. The molecule has 1 aliphatic heterocycles. The largest absolute Gasteiger partial charge is 0.353 e. The molecule has 2 N–H and O–H groups in total. The Bertz CT molecular complexity index is 649. The molecule has 4 atom stereocenters. The molecule has 0 aromatic heterocycles. The van der Waals surface area contributed by atoms with Crippen molar-refractivity contribution in [3.63, 3.8) is 0 Å². The summed E-state index contributed by atoms with van der Waals surface area (Å²) in [6.45, 7) is 4.29. The molecule has 2 fully saturated rings. The fourth-order valence-electron chi connectivity index (χ4n) is 4.60. The van der Waals surface area contributed by atoms with Gasteiger partial charge in [0.05, 0.1) is 5.56 Å². The lowest BCUT2D eigenvalue weighted by molar-refractivity contribution is -0.127. The summed E-state index contributed by atoms with van der Waals surface area (Å²) in [6, 6.07) is 8.17. The van der Waals surface area contributed by atoms with E-state index < -0.39 is 0 Å². The molecule has 4 nitrogen and oxygen atoms in total. The van der Waals surface area contributed by atoms with Crippen LogP contribution in [0.5, 0.6) is 0 Å². The Kier molecular flexibility index (Phi) is 6.63. The van der Waals surface area contributed by atoms with Crippen LogP contribution in [-0.2, 0) is 4.79 Å². The number of hydrogen-bond acceptors (Lipinski definition) is 3. The summed E-state index contributed by atoms with van der Waals surface area (Å²) >= 11 is 1.70. The molecule has 1 saturated carbocycles. The van der Waals surface area contributed by atoms with Gasteiger partial charge >= 0.3 is 0 Å². The highest BCUT2D eigenvalue weighted by atomic mass is 32.2. The first-order chi connectivity index (χ1) is 12.6. The number of fused-ring (bicyclic) bond motifs is 1. The maximum Gasteiger partial charge on any atom is 0.252 e. The second kappa shape index (κ2) is 8.94. The maximum absolute atomic E-state index is 12.8. The number of carbonyl (C=O) groups excluding carboxylic acids is 2. The topological polar surface area (TPSA) is 58.2 Å². The van der Waals surface area contributed by atoms with Crippen LogP contribution in [0, 0.1) is 11.8 Å². The zero-order valence-electron chi connectivity index (χ0n) is 15.8. The van der Waals surface area contributed by atoms with Crippen molar-refractivity contribution in [3.05, 3.63) is 29.8 Å². The van der Waals surface area contributed by atoms with Gasteiger partial charge in [0.15, 0.2) is 0 Å². The Labute approximate surface area is 160 Å². The number of thioether (sulfide) groups is 1. The number of hydrogen-bond donors (Lipinski definition) is 2. The van der Waals surface area contributed by atoms with Gasteiger partial charge < -0.3 is 10.6 Å². The van der Waals surface area contributed by atoms with Crippen molar-refractivity contribution < 1.29 is 9.59 Å². The standard InChI is InChI=1S/C21H30N2O2S/c1-3-7-14-12-20(24)23-18-13-15(10-11-16(14)18)22-21(25)17-8-5-6-9-19(17)26-4-2/h5-6,8-9,14-16,18H,3-4,7,10-13H2,1-2H3,(H,22,25)(H,23,24). The monoisotopic (exact) mass is 374 g/mol. The number of nitrogens with one attached hydrogen (secondary N) is 2. The van der Waals surface area contributed by atoms with Crippen LogP contribution in [0.4, 0.5) is 0 Å². The number of carbonyl (C=O) groups is 2. The third kappa shape index (κ3) is 4.43. The Morgan fingerprint density at radius 3 is 2.85 bits per heavy atom. The molecule has 0 radical (unpaired) electrons. The van der Waals surface area contributed by atoms with Crippen LogP contribution in [0.2, 0.25) is 0 Å². The summed E-state index contributed by atoms with van der Waals surface area (Å²) in [7, 11) is 0. The lowest BCUT2D eigenvalue weighted by Gasteiger charge is -2.44. The van der Waals surface area contributed by atoms with Crippen molar-refractivity contribution in [3.8, 4) is 0 Å². The average Bonchev–Trinajstić information content (AvgIpc) is 2.62. The van der Waals surface area contributed by atoms with Crippen LogP contribution in [0.3, 0.4) is 0 Å². The van der Waals surface area contributed by atoms with Gasteiger partial charge in [-0.2, -0.15) is 0 Å². The molecule has 1 aliphatic carbocycles. The molecular formula is C21H30N2O2S. The smallest absolute Gasteiger partial charge is 0.252 e. The van der Waals surface area contributed by atoms with Gasteiger partial charge in [-0.3, -0.25) is 9.59 Å². The van der Waals surface area contributed by atoms with Crippen molar-refractivity contribution in [2.75, 3.05) is 5.75 Å². The highest BCUT2D eigenvalue weighted by Gasteiger charge is 2.40. The molecule has 1 heterocycles. The SMILES string of the molecule is CCCC1CC(=O)NC2CC(NC(=O)c3ccccc3SCC)CCC12. The van der Waals surface area contributed by atoms with Crippen LogP contribution < -0.4 is 10.6 Å². The highest BCUT2D eigenvalue weighted by Crippen LogP contribution is 2.37. The third-order valence-corrected chi connectivity index (χ3v) is 6.69. The summed E-state index contributed by atoms with van der Waals surface area (Å²) in [5.41, 5.74) is 0.762. The number of benzene rings is 1. The number of piperidine rings is 1. The van der Waals surface area contributed by atoms with Gasteiger partial charge in [-0.25, -0.2) is 0 Å². The van der Waals surface area contributed by atoms with E-state index in [9.17, 15) is 9.59 Å². The lowest BCUT2D eigenvalue weighted by atomic mass is 9.70. The lowest BCUT2D eigenvalue weighted by Crippen LogP contribution is -2.55. The van der Waals surface area contributed by atoms with E-state index in [2.05, 4.69) is 24.5 Å². The van der Waals surface area contributed by atoms with E-state index in [4.69, 9.17) is 0 Å². The predicted molar refractivity (Wildman–Crippen MR) is 106 cm³/mol. The van der Waals surface area contributed by atoms with Crippen molar-refractivity contribution in [1.82, 2.24) is 10.6 Å². The predicted octanol–water partition coefficient (Wildman–Crippen LogP) is 4.00. The minimum absolute atomic E-state index is 0.0113. The zero-order valence-corrected chi connectivity index (χ0v) is 16.6. The van der Waals surface area contributed by atoms with Crippen molar-refractivity contribution in [1.29, 1.82) is 0 Å². The molecule has 5 heteroatoms. The van der Waals surface area contributed by atoms with Crippen molar-refractivity contribution in [2.45, 2.75) is 69.4 Å². The van der Waals surface area contributed by atoms with Crippen LogP contribution in [0.25, 0.3) is 0 Å². The summed E-state index contributed by atoms with van der Waals surface area (Å²) in [4.78, 5) is 25.9. The molecule has 3 rings (SSSR count). The van der Waals surface area contributed by atoms with E-state index >= 15 is 0 Å². The van der Waals surface area contributed by atoms with Gasteiger partial charge in [0.1, 0.15) is 0 Å². The second-order valence-electron chi connectivity index (χ2n) is 7.50. The number of amides is 2. The van der Waals surface area contributed by atoms with E-state index in [0.717, 1.165) is 48.3 Å². The Hall–Kier alpha value is -1.49. The molecule has 0 bridgehead atoms. The Balaban J connectivity index is 1.64. The minimum atomic E-state index is 0.0113. The van der Waals surface area contributed by atoms with E-state index in [0.29, 0.717) is 18.3 Å². The Morgan fingerprint density at radius 2 is 2.08 bits per heavy atom. The molecular weight excluding hydrogens is 344 g/mol. The van der Waals surface area contributed by atoms with Crippen LogP contribution in [0.1, 0.15) is 62.7 Å². The molecule has 0 spiro atoms. The zero-order chi connectivity index (χ0) is 18.5. The van der Waals surface area contributed by atoms with E-state index in [-0.39, 0.29) is 23.9 Å². The van der Waals surface area contributed by atoms with Crippen LogP contribution in [-0.4, -0.2) is 29.7 Å². The molecule has 4 unspecified atom stereocenters. The Morgan fingerprint density at radius 1 is 1.27 bits per heavy atom. The van der Waals surface area contributed by atoms with Gasteiger partial charge in [0.25, 0.3) is 5.91 Å². The summed E-state index contributed by atoms with van der Waals surface area (Å²) in [5.74, 6) is 2.22. The molecule has 1 saturated heterocycles. The second-order valence-corrected chi connectivity index (χ2v) is 8.81. The van der Waals surface area contributed by atoms with E-state index in [1.54, 1.807) is 11.8 Å². The van der Waals surface area contributed by atoms with Gasteiger partial charge in [-0.15, -0.1) is 11.8 Å². The summed E-state index contributed by atoms with van der Waals surface area (Å²) in [6.07, 6.45) is 5.89.